The zero-order valence-corrected chi connectivity index (χ0v) is 22.3. The summed E-state index contributed by atoms with van der Waals surface area (Å²) in [5, 5.41) is 0. The molecule has 150 valence electrons. The van der Waals surface area contributed by atoms with Crippen LogP contribution in [0.5, 0.6) is 0 Å². The van der Waals surface area contributed by atoms with Gasteiger partial charge in [0.2, 0.25) is 0 Å². The number of hydrogen-bond acceptors (Lipinski definition) is 2. The van der Waals surface area contributed by atoms with Crippen molar-refractivity contribution >= 4 is 32.4 Å². The van der Waals surface area contributed by atoms with E-state index in [-0.39, 0.29) is 11.9 Å². The van der Waals surface area contributed by atoms with Crippen molar-refractivity contribution in [2.24, 2.45) is 11.8 Å². The number of esters is 1. The van der Waals surface area contributed by atoms with Gasteiger partial charge >= 0.3 is 169 Å². The fourth-order valence-corrected chi connectivity index (χ4v) is 24.9. The molecule has 1 saturated carbocycles. The fourth-order valence-electron chi connectivity index (χ4n) is 4.44. The molecule has 0 bridgehead atoms. The van der Waals surface area contributed by atoms with Crippen molar-refractivity contribution in [2.75, 3.05) is 7.11 Å². The van der Waals surface area contributed by atoms with Gasteiger partial charge in [0.15, 0.2) is 0 Å². The third-order valence-corrected chi connectivity index (χ3v) is 24.4. The molecular formula is C22H42O2SiSn. The second-order valence-corrected chi connectivity index (χ2v) is 28.0. The third-order valence-electron chi connectivity index (χ3n) is 5.90. The summed E-state index contributed by atoms with van der Waals surface area (Å²) in [5.41, 5.74) is 3.58. The molecule has 4 heteroatoms. The molecule has 0 N–H and O–H groups in total. The predicted molar refractivity (Wildman–Crippen MR) is 119 cm³/mol. The number of unbranched alkanes of at least 4 members (excludes halogenated alkanes) is 3. The Kier molecular flexibility index (Phi) is 10.3. The van der Waals surface area contributed by atoms with Crippen LogP contribution in [-0.2, 0) is 9.53 Å². The maximum atomic E-state index is 12.5. The van der Waals surface area contributed by atoms with Crippen LogP contribution in [0.15, 0.2) is 0 Å². The van der Waals surface area contributed by atoms with Gasteiger partial charge in [-0.3, -0.25) is 0 Å². The second-order valence-electron chi connectivity index (χ2n) is 9.29. The minimum absolute atomic E-state index is 0.0236. The predicted octanol–water partition coefficient (Wildman–Crippen LogP) is 6.51. The molecule has 0 radical (unpaired) electrons. The van der Waals surface area contributed by atoms with Gasteiger partial charge < -0.3 is 0 Å². The SMILES string of the molecule is CCC[CH2][Sn]([CH2]CCC)([CH2]CCC)[C@@H]1[C@@H](C#C[Si](C)(C)C)[C@@H]1C(=O)OC. The first-order valence-electron chi connectivity index (χ1n) is 10.9. The van der Waals surface area contributed by atoms with E-state index in [1.54, 1.807) is 7.11 Å². The molecule has 0 aliphatic heterocycles. The summed E-state index contributed by atoms with van der Waals surface area (Å²) in [6.07, 6.45) is 7.87. The van der Waals surface area contributed by atoms with Crippen molar-refractivity contribution in [2.45, 2.75) is 96.2 Å². The molecule has 0 spiro atoms. The van der Waals surface area contributed by atoms with Crippen molar-refractivity contribution in [3.63, 3.8) is 0 Å². The Balaban J connectivity index is 3.19. The molecule has 0 unspecified atom stereocenters. The number of hydrogen-bond donors (Lipinski definition) is 0. The molecule has 0 aromatic heterocycles. The van der Waals surface area contributed by atoms with Crippen molar-refractivity contribution in [1.29, 1.82) is 0 Å². The number of carbonyl (C=O) groups is 1. The second kappa shape index (κ2) is 11.1. The Morgan fingerprint density at radius 2 is 1.42 bits per heavy atom. The van der Waals surface area contributed by atoms with Gasteiger partial charge in [-0.05, 0) is 0 Å². The number of carbonyl (C=O) groups excluding carboxylic acids is 1. The molecule has 1 rings (SSSR count). The van der Waals surface area contributed by atoms with Crippen LogP contribution in [0.2, 0.25) is 36.9 Å². The van der Waals surface area contributed by atoms with E-state index in [1.807, 2.05) is 0 Å². The van der Waals surface area contributed by atoms with Gasteiger partial charge in [0, 0.05) is 0 Å². The molecule has 1 fully saturated rings. The number of ether oxygens (including phenoxy) is 1. The van der Waals surface area contributed by atoms with Gasteiger partial charge in [0.25, 0.3) is 0 Å². The van der Waals surface area contributed by atoms with Crippen molar-refractivity contribution < 1.29 is 9.53 Å². The average Bonchev–Trinajstić information content (AvgIpc) is 3.33. The van der Waals surface area contributed by atoms with Crippen molar-refractivity contribution in [3.05, 3.63) is 0 Å². The molecule has 0 heterocycles. The Morgan fingerprint density at radius 1 is 0.962 bits per heavy atom. The Hall–Kier alpha value is 0.0456. The van der Waals surface area contributed by atoms with Crippen LogP contribution >= 0.6 is 0 Å². The molecule has 26 heavy (non-hydrogen) atoms. The first-order valence-corrected chi connectivity index (χ1v) is 22.1. The molecule has 1 aliphatic rings. The summed E-state index contributed by atoms with van der Waals surface area (Å²) in [6.45, 7) is 13.8. The molecule has 1 aliphatic carbocycles. The Labute approximate surface area is 168 Å². The maximum absolute atomic E-state index is 12.5. The van der Waals surface area contributed by atoms with Gasteiger partial charge in [-0.2, -0.15) is 0 Å². The zero-order valence-electron chi connectivity index (χ0n) is 18.4. The summed E-state index contributed by atoms with van der Waals surface area (Å²) in [7, 11) is 0.148. The van der Waals surface area contributed by atoms with E-state index in [0.717, 1.165) is 0 Å². The minimum atomic E-state index is -2.43. The van der Waals surface area contributed by atoms with Crippen LogP contribution in [-0.4, -0.2) is 39.5 Å². The van der Waals surface area contributed by atoms with Crippen LogP contribution in [0.3, 0.4) is 0 Å². The normalized spacial score (nSPS) is 22.5. The summed E-state index contributed by atoms with van der Waals surface area (Å²) in [6, 6.07) is 0. The van der Waals surface area contributed by atoms with Crippen LogP contribution < -0.4 is 0 Å². The standard InChI is InChI=1S/C10H15O2Si.3C4H9.Sn/c1-12-10(11)9-7-8(9)5-6-13(2,3)4;3*1-3-4-2;/h7-9H,1-4H3;3*1,3-4H2,2H3;/t8-,9-;;;;/m1..../s1. The van der Waals surface area contributed by atoms with Crippen LogP contribution in [0.4, 0.5) is 0 Å². The number of methoxy groups -OCH3 is 1. The van der Waals surface area contributed by atoms with E-state index in [1.165, 1.54) is 51.8 Å². The molecule has 0 aromatic rings. The van der Waals surface area contributed by atoms with E-state index in [4.69, 9.17) is 4.74 Å². The Morgan fingerprint density at radius 3 is 1.77 bits per heavy atom. The van der Waals surface area contributed by atoms with E-state index >= 15 is 0 Å². The molecule has 3 atom stereocenters. The molecule has 0 aromatic carbocycles. The van der Waals surface area contributed by atoms with E-state index in [9.17, 15) is 4.79 Å². The average molecular weight is 485 g/mol. The quantitative estimate of drug-likeness (QED) is 0.190. The summed E-state index contributed by atoms with van der Waals surface area (Å²) < 4.78 is 10.2. The first kappa shape index (κ1) is 24.1. The van der Waals surface area contributed by atoms with Crippen molar-refractivity contribution in [1.82, 2.24) is 0 Å². The summed E-state index contributed by atoms with van der Waals surface area (Å²) in [5.74, 6) is 4.05. The van der Waals surface area contributed by atoms with Crippen LogP contribution in [0.25, 0.3) is 0 Å². The topological polar surface area (TPSA) is 26.3 Å². The summed E-state index contributed by atoms with van der Waals surface area (Å²) in [4.78, 5) is 12.5. The van der Waals surface area contributed by atoms with Gasteiger partial charge in [0.05, 0.1) is 0 Å². The molecule has 0 saturated heterocycles. The van der Waals surface area contributed by atoms with Crippen LogP contribution in [0, 0.1) is 23.3 Å². The fraction of sp³-hybridized carbons (Fsp3) is 0.864. The van der Waals surface area contributed by atoms with Gasteiger partial charge in [-0.15, -0.1) is 0 Å². The van der Waals surface area contributed by atoms with Gasteiger partial charge in [-0.1, -0.05) is 0 Å². The van der Waals surface area contributed by atoms with Crippen molar-refractivity contribution in [3.8, 4) is 11.5 Å². The zero-order chi connectivity index (χ0) is 19.8. The van der Waals surface area contributed by atoms with Gasteiger partial charge in [0.1, 0.15) is 0 Å². The monoisotopic (exact) mass is 486 g/mol. The number of rotatable bonds is 11. The van der Waals surface area contributed by atoms with E-state index in [0.29, 0.717) is 9.85 Å². The Bertz CT molecular complexity index is 479. The van der Waals surface area contributed by atoms with Crippen LogP contribution in [0.1, 0.15) is 59.3 Å². The molecule has 0 amide bonds. The third kappa shape index (κ3) is 6.89. The molecular weight excluding hydrogens is 443 g/mol. The summed E-state index contributed by atoms with van der Waals surface area (Å²) >= 11 is -2.43. The first-order chi connectivity index (χ1) is 12.3. The van der Waals surface area contributed by atoms with Gasteiger partial charge in [-0.25, -0.2) is 0 Å². The molecule has 2 nitrogen and oxygen atoms in total. The van der Waals surface area contributed by atoms with E-state index in [2.05, 4.69) is 51.9 Å². The van der Waals surface area contributed by atoms with E-state index < -0.39 is 26.5 Å².